The molecule has 0 saturated heterocycles. The Balaban J connectivity index is 1.54. The van der Waals surface area contributed by atoms with E-state index in [-0.39, 0.29) is 18.0 Å². The lowest BCUT2D eigenvalue weighted by Crippen LogP contribution is -2.41. The van der Waals surface area contributed by atoms with E-state index in [1.807, 2.05) is 46.7 Å². The van der Waals surface area contributed by atoms with Crippen LogP contribution in [0.25, 0.3) is 10.9 Å². The molecule has 1 aliphatic rings. The molecule has 4 rings (SSSR count). The highest BCUT2D eigenvalue weighted by Crippen LogP contribution is 2.37. The topological polar surface area (TPSA) is 69.3 Å². The van der Waals surface area contributed by atoms with E-state index in [2.05, 4.69) is 23.0 Å². The molecule has 8 heteroatoms. The summed E-state index contributed by atoms with van der Waals surface area (Å²) in [6.07, 6.45) is 0.942. The second kappa shape index (κ2) is 9.42. The summed E-state index contributed by atoms with van der Waals surface area (Å²) in [7, 11) is 0. The molecule has 2 aromatic carbocycles. The molecule has 0 unspecified atom stereocenters. The van der Waals surface area contributed by atoms with Gasteiger partial charge in [-0.25, -0.2) is 4.98 Å². The summed E-state index contributed by atoms with van der Waals surface area (Å²) >= 11 is 7.88. The number of carbonyl (C=O) groups excluding carboxylic acids is 1. The van der Waals surface area contributed by atoms with Gasteiger partial charge in [0.15, 0.2) is 0 Å². The number of aromatic nitrogens is 2. The van der Waals surface area contributed by atoms with Gasteiger partial charge in [0.25, 0.3) is 5.56 Å². The highest BCUT2D eigenvalue weighted by atomic mass is 35.5. The predicted octanol–water partition coefficient (Wildman–Crippen LogP) is 4.32. The monoisotopic (exact) mass is 456 g/mol. The van der Waals surface area contributed by atoms with Crippen molar-refractivity contribution in [2.45, 2.75) is 37.0 Å². The number of rotatable bonds is 5. The predicted molar refractivity (Wildman–Crippen MR) is 127 cm³/mol. The first-order chi connectivity index (χ1) is 14.9. The molecule has 1 aliphatic heterocycles. The van der Waals surface area contributed by atoms with Crippen LogP contribution in [0.3, 0.4) is 0 Å². The van der Waals surface area contributed by atoms with Crippen LogP contribution >= 0.6 is 23.4 Å². The van der Waals surface area contributed by atoms with Gasteiger partial charge in [0, 0.05) is 21.7 Å². The minimum Gasteiger partial charge on any atom is -0.310 e. The molecule has 0 aliphatic carbocycles. The number of likely N-dealkylation sites (N-methyl/N-ethyl adjacent to an activating group) is 1. The largest absolute Gasteiger partial charge is 0.310 e. The van der Waals surface area contributed by atoms with Crippen molar-refractivity contribution in [2.75, 3.05) is 24.5 Å². The van der Waals surface area contributed by atoms with Crippen LogP contribution in [0, 0.1) is 0 Å². The van der Waals surface area contributed by atoms with Crippen molar-refractivity contribution >= 4 is 45.9 Å². The average molecular weight is 457 g/mol. The third-order valence-electron chi connectivity index (χ3n) is 5.44. The number of carbonyl (C=O) groups is 1. The Morgan fingerprint density at radius 3 is 2.94 bits per heavy atom. The number of aromatic amines is 1. The third kappa shape index (κ3) is 4.95. The Hall–Kier alpha value is -2.35. The smallest absolute Gasteiger partial charge is 0.258 e. The van der Waals surface area contributed by atoms with Gasteiger partial charge in [-0.15, -0.1) is 11.8 Å². The van der Waals surface area contributed by atoms with Gasteiger partial charge in [-0.1, -0.05) is 37.6 Å². The Morgan fingerprint density at radius 1 is 1.32 bits per heavy atom. The van der Waals surface area contributed by atoms with Gasteiger partial charge in [0.05, 0.1) is 29.7 Å². The van der Waals surface area contributed by atoms with E-state index in [9.17, 15) is 9.59 Å². The standard InChI is InChI=1S/C23H25ClN4O2S/c1-3-27(13-21-25-18-12-16(24)8-9-17(18)23(30)26-21)14-22(29)28-11-10-15(2)31-20-7-5-4-6-19(20)28/h4-9,12,15H,3,10-11,13-14H2,1-2H3,(H,25,26,30)/t15-/m0/s1. The van der Waals surface area contributed by atoms with Crippen LogP contribution < -0.4 is 10.5 Å². The van der Waals surface area contributed by atoms with Crippen molar-refractivity contribution in [3.63, 3.8) is 0 Å². The van der Waals surface area contributed by atoms with E-state index >= 15 is 0 Å². The average Bonchev–Trinajstić information content (AvgIpc) is 2.91. The number of nitrogens with one attached hydrogen (secondary N) is 1. The van der Waals surface area contributed by atoms with Gasteiger partial charge in [-0.3, -0.25) is 14.5 Å². The second-order valence-electron chi connectivity index (χ2n) is 7.71. The summed E-state index contributed by atoms with van der Waals surface area (Å²) in [5, 5.41) is 1.49. The first-order valence-corrected chi connectivity index (χ1v) is 11.7. The third-order valence-corrected chi connectivity index (χ3v) is 6.91. The number of para-hydroxylation sites is 1. The summed E-state index contributed by atoms with van der Waals surface area (Å²) in [6.45, 7) is 6.18. The number of hydrogen-bond donors (Lipinski definition) is 1. The minimum atomic E-state index is -0.202. The molecule has 2 heterocycles. The lowest BCUT2D eigenvalue weighted by Gasteiger charge is -2.26. The fourth-order valence-corrected chi connectivity index (χ4v) is 5.03. The van der Waals surface area contributed by atoms with Gasteiger partial charge >= 0.3 is 0 Å². The summed E-state index contributed by atoms with van der Waals surface area (Å²) in [5.41, 5.74) is 1.33. The molecule has 3 aromatic rings. The first kappa shape index (κ1) is 21.9. The zero-order valence-electron chi connectivity index (χ0n) is 17.6. The minimum absolute atomic E-state index is 0.0511. The molecule has 0 bridgehead atoms. The number of anilines is 1. The van der Waals surface area contributed by atoms with E-state index in [0.717, 1.165) is 17.0 Å². The van der Waals surface area contributed by atoms with Gasteiger partial charge < -0.3 is 9.88 Å². The normalized spacial score (nSPS) is 16.4. The molecule has 6 nitrogen and oxygen atoms in total. The zero-order valence-corrected chi connectivity index (χ0v) is 19.2. The summed E-state index contributed by atoms with van der Waals surface area (Å²) in [6, 6.07) is 13.1. The lowest BCUT2D eigenvalue weighted by molar-refractivity contribution is -0.119. The molecule has 1 atom stereocenters. The lowest BCUT2D eigenvalue weighted by atomic mass is 10.2. The van der Waals surface area contributed by atoms with Crippen LogP contribution in [0.5, 0.6) is 0 Å². The highest BCUT2D eigenvalue weighted by Gasteiger charge is 2.25. The van der Waals surface area contributed by atoms with E-state index in [1.165, 1.54) is 0 Å². The summed E-state index contributed by atoms with van der Waals surface area (Å²) in [5.74, 6) is 0.574. The summed E-state index contributed by atoms with van der Waals surface area (Å²) in [4.78, 5) is 38.1. The number of hydrogen-bond acceptors (Lipinski definition) is 5. The maximum Gasteiger partial charge on any atom is 0.258 e. The quantitative estimate of drug-likeness (QED) is 0.619. The van der Waals surface area contributed by atoms with Crippen molar-refractivity contribution in [1.82, 2.24) is 14.9 Å². The molecule has 0 saturated carbocycles. The Kier molecular flexibility index (Phi) is 6.65. The molecular weight excluding hydrogens is 432 g/mol. The first-order valence-electron chi connectivity index (χ1n) is 10.4. The van der Waals surface area contributed by atoms with E-state index in [1.54, 1.807) is 18.2 Å². The molecule has 0 fully saturated rings. The Morgan fingerprint density at radius 2 is 2.13 bits per heavy atom. The number of thioether (sulfide) groups is 1. The number of nitrogens with zero attached hydrogens (tertiary/aromatic N) is 3. The van der Waals surface area contributed by atoms with Gasteiger partial charge in [0.1, 0.15) is 5.82 Å². The maximum absolute atomic E-state index is 13.3. The summed E-state index contributed by atoms with van der Waals surface area (Å²) < 4.78 is 0. The van der Waals surface area contributed by atoms with E-state index < -0.39 is 0 Å². The molecule has 1 N–H and O–H groups in total. The van der Waals surface area contributed by atoms with Crippen molar-refractivity contribution in [3.05, 3.63) is 63.7 Å². The van der Waals surface area contributed by atoms with Crippen LogP contribution in [0.4, 0.5) is 5.69 Å². The SMILES string of the molecule is CCN(CC(=O)N1CC[C@H](C)Sc2ccccc21)Cc1nc2cc(Cl)ccc2c(=O)[nH]1. The number of fused-ring (bicyclic) bond motifs is 2. The van der Waals surface area contributed by atoms with Crippen LogP contribution in [0.1, 0.15) is 26.1 Å². The van der Waals surface area contributed by atoms with E-state index in [4.69, 9.17) is 11.6 Å². The maximum atomic E-state index is 13.3. The Labute approximate surface area is 190 Å². The van der Waals surface area contributed by atoms with Crippen LogP contribution in [-0.4, -0.2) is 45.7 Å². The van der Waals surface area contributed by atoms with Crippen LogP contribution in [0.2, 0.25) is 5.02 Å². The van der Waals surface area contributed by atoms with Gasteiger partial charge in [0.2, 0.25) is 5.91 Å². The number of halogens is 1. The molecule has 0 radical (unpaired) electrons. The fraction of sp³-hybridized carbons (Fsp3) is 0.348. The number of benzene rings is 2. The van der Waals surface area contributed by atoms with Crippen LogP contribution in [0.15, 0.2) is 52.2 Å². The molecule has 162 valence electrons. The molecule has 1 aromatic heterocycles. The highest BCUT2D eigenvalue weighted by molar-refractivity contribution is 8.00. The number of H-pyrrole nitrogens is 1. The van der Waals surface area contributed by atoms with E-state index in [0.29, 0.717) is 46.6 Å². The van der Waals surface area contributed by atoms with Crippen molar-refractivity contribution in [2.24, 2.45) is 0 Å². The van der Waals surface area contributed by atoms with Crippen molar-refractivity contribution in [3.8, 4) is 0 Å². The molecular formula is C23H25ClN4O2S. The molecule has 0 spiro atoms. The Bertz CT molecular complexity index is 1170. The fourth-order valence-electron chi connectivity index (χ4n) is 3.75. The second-order valence-corrected chi connectivity index (χ2v) is 9.62. The van der Waals surface area contributed by atoms with Crippen molar-refractivity contribution < 1.29 is 4.79 Å². The van der Waals surface area contributed by atoms with Crippen LogP contribution in [-0.2, 0) is 11.3 Å². The van der Waals surface area contributed by atoms with Gasteiger partial charge in [-0.05, 0) is 43.3 Å². The zero-order chi connectivity index (χ0) is 22.0. The van der Waals surface area contributed by atoms with Crippen molar-refractivity contribution in [1.29, 1.82) is 0 Å². The molecule has 31 heavy (non-hydrogen) atoms. The number of amides is 1. The molecule has 1 amide bonds. The van der Waals surface area contributed by atoms with Gasteiger partial charge in [-0.2, -0.15) is 0 Å².